The highest BCUT2D eigenvalue weighted by Gasteiger charge is 2.05. The monoisotopic (exact) mass is 322 g/mol. The number of benzene rings is 2. The van der Waals surface area contributed by atoms with Gasteiger partial charge < -0.3 is 15.6 Å². The van der Waals surface area contributed by atoms with E-state index in [1.165, 1.54) is 12.1 Å². The van der Waals surface area contributed by atoms with Gasteiger partial charge in [0, 0.05) is 0 Å². The zero-order valence-corrected chi connectivity index (χ0v) is 12.6. The lowest BCUT2D eigenvalue weighted by Crippen LogP contribution is -2.19. The Kier molecular flexibility index (Phi) is 5.32. The normalized spacial score (nSPS) is 10.7. The number of nitrogens with zero attached hydrogens (tertiary/aromatic N) is 1. The first kappa shape index (κ1) is 16.8. The highest BCUT2D eigenvalue weighted by atomic mass is 16.5. The quantitative estimate of drug-likeness (QED) is 0.626. The van der Waals surface area contributed by atoms with E-state index in [1.807, 2.05) is 0 Å². The van der Waals surface area contributed by atoms with Crippen LogP contribution in [0.25, 0.3) is 11.6 Å². The third-order valence-electron chi connectivity index (χ3n) is 3.14. The second-order valence-electron chi connectivity index (χ2n) is 4.88. The summed E-state index contributed by atoms with van der Waals surface area (Å²) in [7, 11) is 0. The number of amides is 1. The maximum Gasteiger partial charge on any atom is 0.335 e. The molecule has 0 heterocycles. The van der Waals surface area contributed by atoms with Crippen molar-refractivity contribution in [3.05, 3.63) is 65.2 Å². The molecule has 0 saturated heterocycles. The number of hydrogen-bond acceptors (Lipinski definition) is 4. The largest absolute Gasteiger partial charge is 0.484 e. The minimum Gasteiger partial charge on any atom is -0.484 e. The smallest absolute Gasteiger partial charge is 0.335 e. The molecule has 0 radical (unpaired) electrons. The van der Waals surface area contributed by atoms with E-state index in [0.29, 0.717) is 16.9 Å². The molecule has 6 nitrogen and oxygen atoms in total. The summed E-state index contributed by atoms with van der Waals surface area (Å²) in [6, 6.07) is 15.0. The third-order valence-corrected chi connectivity index (χ3v) is 3.14. The van der Waals surface area contributed by atoms with E-state index in [2.05, 4.69) is 6.07 Å². The Hall–Kier alpha value is -3.59. The summed E-state index contributed by atoms with van der Waals surface area (Å²) in [5, 5.41) is 18.2. The van der Waals surface area contributed by atoms with Crippen molar-refractivity contribution in [1.82, 2.24) is 0 Å². The van der Waals surface area contributed by atoms with Crippen molar-refractivity contribution in [2.75, 3.05) is 6.61 Å². The average Bonchev–Trinajstić information content (AvgIpc) is 2.59. The first-order chi connectivity index (χ1) is 11.5. The summed E-state index contributed by atoms with van der Waals surface area (Å²) in [4.78, 5) is 21.5. The fourth-order valence-corrected chi connectivity index (χ4v) is 1.95. The van der Waals surface area contributed by atoms with E-state index in [4.69, 9.17) is 15.6 Å². The summed E-state index contributed by atoms with van der Waals surface area (Å²) in [5.74, 6) is -1.08. The van der Waals surface area contributed by atoms with Crippen LogP contribution in [0.4, 0.5) is 0 Å². The zero-order chi connectivity index (χ0) is 17.5. The van der Waals surface area contributed by atoms with Gasteiger partial charge in [0.25, 0.3) is 5.91 Å². The number of ether oxygens (including phenoxy) is 1. The molecule has 6 heteroatoms. The number of hydrogen-bond donors (Lipinski definition) is 2. The van der Waals surface area contributed by atoms with Gasteiger partial charge in [-0.3, -0.25) is 4.79 Å². The van der Waals surface area contributed by atoms with Crippen LogP contribution in [0, 0.1) is 11.3 Å². The Morgan fingerprint density at radius 2 is 1.67 bits per heavy atom. The molecule has 0 unspecified atom stereocenters. The lowest BCUT2D eigenvalue weighted by molar-refractivity contribution is -0.119. The van der Waals surface area contributed by atoms with Gasteiger partial charge in [0.1, 0.15) is 5.75 Å². The topological polar surface area (TPSA) is 113 Å². The van der Waals surface area contributed by atoms with Gasteiger partial charge in [0.2, 0.25) is 0 Å². The second-order valence-corrected chi connectivity index (χ2v) is 4.88. The second kappa shape index (κ2) is 7.61. The molecule has 0 aromatic heterocycles. The number of carboxylic acids is 1. The number of nitrogens with two attached hydrogens (primary N) is 1. The fourth-order valence-electron chi connectivity index (χ4n) is 1.95. The van der Waals surface area contributed by atoms with E-state index >= 15 is 0 Å². The molecule has 3 N–H and O–H groups in total. The zero-order valence-electron chi connectivity index (χ0n) is 12.6. The molecule has 1 amide bonds. The molecule has 0 bridgehead atoms. The van der Waals surface area contributed by atoms with Crippen LogP contribution in [0.3, 0.4) is 0 Å². The van der Waals surface area contributed by atoms with Crippen molar-refractivity contribution < 1.29 is 19.4 Å². The van der Waals surface area contributed by atoms with Gasteiger partial charge >= 0.3 is 5.97 Å². The van der Waals surface area contributed by atoms with Crippen molar-refractivity contribution in [1.29, 1.82) is 5.26 Å². The number of carboxylic acid groups (broad SMARTS) is 1. The molecule has 0 aliphatic carbocycles. The molecule has 2 aromatic rings. The Balaban J connectivity index is 2.19. The van der Waals surface area contributed by atoms with Gasteiger partial charge in [0.15, 0.2) is 6.61 Å². The Morgan fingerprint density at radius 3 is 2.17 bits per heavy atom. The number of rotatable bonds is 6. The van der Waals surface area contributed by atoms with Gasteiger partial charge in [0.05, 0.1) is 17.2 Å². The molecule has 120 valence electrons. The molecule has 0 saturated carbocycles. The minimum absolute atomic E-state index is 0.159. The van der Waals surface area contributed by atoms with Crippen molar-refractivity contribution in [2.24, 2.45) is 5.73 Å². The van der Waals surface area contributed by atoms with Crippen LogP contribution < -0.4 is 10.5 Å². The predicted molar refractivity (Wildman–Crippen MR) is 88.0 cm³/mol. The Morgan fingerprint density at radius 1 is 1.08 bits per heavy atom. The number of aromatic carboxylic acids is 1. The molecular formula is C18H14N2O4. The van der Waals surface area contributed by atoms with E-state index < -0.39 is 11.9 Å². The van der Waals surface area contributed by atoms with Gasteiger partial charge in [-0.1, -0.05) is 24.3 Å². The van der Waals surface area contributed by atoms with Crippen LogP contribution in [-0.4, -0.2) is 23.6 Å². The van der Waals surface area contributed by atoms with E-state index in [0.717, 1.165) is 5.56 Å². The molecule has 2 aromatic carbocycles. The van der Waals surface area contributed by atoms with Crippen molar-refractivity contribution in [3.63, 3.8) is 0 Å². The summed E-state index contributed by atoms with van der Waals surface area (Å²) >= 11 is 0. The summed E-state index contributed by atoms with van der Waals surface area (Å²) in [5.41, 5.74) is 6.95. The molecule has 0 aliphatic rings. The Bertz CT molecular complexity index is 816. The van der Waals surface area contributed by atoms with Crippen LogP contribution in [0.2, 0.25) is 0 Å². The molecular weight excluding hydrogens is 308 g/mol. The standard InChI is InChI=1S/C18H14N2O4/c19-10-15(13-3-5-14(6-4-13)18(22)23)9-12-1-7-16(8-2-12)24-11-17(20)21/h1-9H,11H2,(H2,20,21)(H,22,23)/b15-9-. The van der Waals surface area contributed by atoms with Crippen LogP contribution in [-0.2, 0) is 4.79 Å². The number of carbonyl (C=O) groups excluding carboxylic acids is 1. The van der Waals surface area contributed by atoms with E-state index in [-0.39, 0.29) is 12.2 Å². The molecule has 0 atom stereocenters. The summed E-state index contributed by atoms with van der Waals surface area (Å²) in [6.07, 6.45) is 1.67. The van der Waals surface area contributed by atoms with E-state index in [9.17, 15) is 14.9 Å². The number of allylic oxidation sites excluding steroid dienone is 1. The summed E-state index contributed by atoms with van der Waals surface area (Å²) < 4.78 is 5.16. The first-order valence-corrected chi connectivity index (χ1v) is 6.96. The molecule has 24 heavy (non-hydrogen) atoms. The van der Waals surface area contributed by atoms with Crippen molar-refractivity contribution in [2.45, 2.75) is 0 Å². The number of primary amides is 1. The van der Waals surface area contributed by atoms with Gasteiger partial charge in [-0.25, -0.2) is 4.79 Å². The maximum atomic E-state index is 10.8. The molecule has 2 rings (SSSR count). The number of carbonyl (C=O) groups is 2. The highest BCUT2D eigenvalue weighted by molar-refractivity contribution is 5.92. The Labute approximate surface area is 138 Å². The van der Waals surface area contributed by atoms with Crippen molar-refractivity contribution in [3.8, 4) is 11.8 Å². The van der Waals surface area contributed by atoms with Gasteiger partial charge in [-0.05, 0) is 41.5 Å². The van der Waals surface area contributed by atoms with E-state index in [1.54, 1.807) is 42.5 Å². The fraction of sp³-hybridized carbons (Fsp3) is 0.0556. The molecule has 0 aliphatic heterocycles. The average molecular weight is 322 g/mol. The van der Waals surface area contributed by atoms with Crippen LogP contribution >= 0.6 is 0 Å². The van der Waals surface area contributed by atoms with Crippen LogP contribution in [0.15, 0.2) is 48.5 Å². The predicted octanol–water partition coefficient (Wildman–Crippen LogP) is 2.31. The lowest BCUT2D eigenvalue weighted by atomic mass is 10.0. The van der Waals surface area contributed by atoms with Crippen molar-refractivity contribution >= 4 is 23.5 Å². The van der Waals surface area contributed by atoms with Crippen LogP contribution in [0.1, 0.15) is 21.5 Å². The van der Waals surface area contributed by atoms with Gasteiger partial charge in [-0.15, -0.1) is 0 Å². The molecule has 0 spiro atoms. The van der Waals surface area contributed by atoms with Gasteiger partial charge in [-0.2, -0.15) is 5.26 Å². The maximum absolute atomic E-state index is 10.8. The lowest BCUT2D eigenvalue weighted by Gasteiger charge is -2.04. The molecule has 0 fully saturated rings. The SMILES string of the molecule is N#C/C(=C/c1ccc(OCC(N)=O)cc1)c1ccc(C(=O)O)cc1. The summed E-state index contributed by atoms with van der Waals surface area (Å²) in [6.45, 7) is -0.200. The third kappa shape index (κ3) is 4.45. The minimum atomic E-state index is -1.02. The number of nitriles is 1. The van der Waals surface area contributed by atoms with Crippen LogP contribution in [0.5, 0.6) is 5.75 Å². The highest BCUT2D eigenvalue weighted by Crippen LogP contribution is 2.20. The first-order valence-electron chi connectivity index (χ1n) is 6.96.